The number of carbonyl (C=O) groups is 2. The lowest BCUT2D eigenvalue weighted by Gasteiger charge is -2.27. The van der Waals surface area contributed by atoms with Crippen molar-refractivity contribution in [3.8, 4) is 0 Å². The average molecular weight is 407 g/mol. The summed E-state index contributed by atoms with van der Waals surface area (Å²) in [4.78, 5) is 26.5. The Morgan fingerprint density at radius 2 is 1.93 bits per heavy atom. The number of fused-ring (bicyclic) bond motifs is 1. The van der Waals surface area contributed by atoms with Crippen molar-refractivity contribution >= 4 is 46.1 Å². The van der Waals surface area contributed by atoms with Crippen LogP contribution < -0.4 is 5.32 Å². The molecule has 0 spiro atoms. The lowest BCUT2D eigenvalue weighted by molar-refractivity contribution is -0.128. The molecule has 0 saturated carbocycles. The lowest BCUT2D eigenvalue weighted by atomic mass is 10.1. The Morgan fingerprint density at radius 3 is 2.69 bits per heavy atom. The first-order valence-corrected chi connectivity index (χ1v) is 9.60. The van der Waals surface area contributed by atoms with Gasteiger partial charge < -0.3 is 4.57 Å². The number of aromatic nitrogens is 1. The number of hydrogen-bond donors (Lipinski definition) is 1. The van der Waals surface area contributed by atoms with E-state index in [1.165, 1.54) is 17.0 Å². The monoisotopic (exact) mass is 407 g/mol. The maximum absolute atomic E-state index is 13.6. The molecule has 5 nitrogen and oxygen atoms in total. The molecule has 29 heavy (non-hydrogen) atoms. The second-order valence-corrected chi connectivity index (χ2v) is 7.11. The van der Waals surface area contributed by atoms with Crippen LogP contribution in [0.15, 0.2) is 60.3 Å². The number of amides is 2. The second kappa shape index (κ2) is 7.60. The van der Waals surface area contributed by atoms with E-state index in [-0.39, 0.29) is 16.5 Å². The largest absolute Gasteiger partial charge is 0.342 e. The van der Waals surface area contributed by atoms with Gasteiger partial charge in [0.2, 0.25) is 0 Å². The highest BCUT2D eigenvalue weighted by Crippen LogP contribution is 2.26. The Labute approximate surface area is 172 Å². The summed E-state index contributed by atoms with van der Waals surface area (Å²) in [5.74, 6) is -1.21. The molecular weight excluding hydrogens is 389 g/mol. The lowest BCUT2D eigenvalue weighted by Crippen LogP contribution is -2.53. The van der Waals surface area contributed by atoms with E-state index < -0.39 is 11.8 Å². The molecule has 1 aliphatic heterocycles. The van der Waals surface area contributed by atoms with Crippen LogP contribution in [0.1, 0.15) is 18.1 Å². The van der Waals surface area contributed by atoms with Crippen LogP contribution in [0, 0.1) is 5.82 Å². The van der Waals surface area contributed by atoms with Crippen LogP contribution in [0.25, 0.3) is 17.0 Å². The standard InChI is InChI=1S/C22H18FN3O2S/c1-2-26-21(28)18(20(27)24-22(26)29)11-15-13-25(19-9-4-3-8-17(15)19)12-14-6-5-7-16(23)10-14/h3-11,13H,2,12H2,1H3,(H,24,27,29)/b18-11+. The van der Waals surface area contributed by atoms with E-state index in [0.29, 0.717) is 13.1 Å². The number of hydrogen-bond acceptors (Lipinski definition) is 3. The molecule has 3 aromatic rings. The van der Waals surface area contributed by atoms with E-state index in [1.54, 1.807) is 19.1 Å². The molecule has 4 rings (SSSR count). The molecule has 1 fully saturated rings. The Hall–Kier alpha value is -3.32. The highest BCUT2D eigenvalue weighted by molar-refractivity contribution is 7.80. The van der Waals surface area contributed by atoms with E-state index in [0.717, 1.165) is 22.0 Å². The van der Waals surface area contributed by atoms with Crippen LogP contribution in [0.5, 0.6) is 0 Å². The molecule has 2 heterocycles. The summed E-state index contributed by atoms with van der Waals surface area (Å²) < 4.78 is 15.5. The van der Waals surface area contributed by atoms with Crippen molar-refractivity contribution in [3.63, 3.8) is 0 Å². The highest BCUT2D eigenvalue weighted by Gasteiger charge is 2.32. The Bertz CT molecular complexity index is 1180. The third-order valence-electron chi connectivity index (χ3n) is 4.86. The number of benzene rings is 2. The predicted octanol–water partition coefficient (Wildman–Crippen LogP) is 3.48. The summed E-state index contributed by atoms with van der Waals surface area (Å²) in [6, 6.07) is 14.1. The summed E-state index contributed by atoms with van der Waals surface area (Å²) in [5, 5.41) is 3.58. The number of halogens is 1. The zero-order chi connectivity index (χ0) is 20.5. The normalized spacial score (nSPS) is 16.0. The first-order chi connectivity index (χ1) is 14.0. The van der Waals surface area contributed by atoms with Crippen LogP contribution in [0.2, 0.25) is 0 Å². The molecule has 0 bridgehead atoms. The number of para-hydroxylation sites is 1. The molecule has 1 aromatic heterocycles. The Balaban J connectivity index is 1.78. The van der Waals surface area contributed by atoms with E-state index in [2.05, 4.69) is 5.32 Å². The van der Waals surface area contributed by atoms with Gasteiger partial charge in [0.15, 0.2) is 5.11 Å². The van der Waals surface area contributed by atoms with Crippen molar-refractivity contribution in [2.45, 2.75) is 13.5 Å². The molecule has 146 valence electrons. The molecule has 0 unspecified atom stereocenters. The molecule has 1 saturated heterocycles. The van der Waals surface area contributed by atoms with E-state index in [4.69, 9.17) is 12.2 Å². The Kier molecular flexibility index (Phi) is 4.98. The van der Waals surface area contributed by atoms with Gasteiger partial charge >= 0.3 is 0 Å². The molecule has 1 N–H and O–H groups in total. The number of nitrogens with zero attached hydrogens (tertiary/aromatic N) is 2. The van der Waals surface area contributed by atoms with Crippen molar-refractivity contribution in [2.24, 2.45) is 0 Å². The van der Waals surface area contributed by atoms with Gasteiger partial charge in [-0.15, -0.1) is 0 Å². The first-order valence-electron chi connectivity index (χ1n) is 9.19. The van der Waals surface area contributed by atoms with Crippen molar-refractivity contribution in [3.05, 3.63) is 77.2 Å². The summed E-state index contributed by atoms with van der Waals surface area (Å²) in [6.07, 6.45) is 3.46. The third-order valence-corrected chi connectivity index (χ3v) is 5.19. The maximum atomic E-state index is 13.6. The minimum atomic E-state index is -0.508. The SMILES string of the molecule is CCN1C(=O)/C(=C/c2cn(Cc3cccc(F)c3)c3ccccc23)C(=O)NC1=S. The van der Waals surface area contributed by atoms with Crippen molar-refractivity contribution in [1.82, 2.24) is 14.8 Å². The summed E-state index contributed by atoms with van der Waals surface area (Å²) in [7, 11) is 0. The van der Waals surface area contributed by atoms with Gasteiger partial charge in [0.05, 0.1) is 0 Å². The fourth-order valence-electron chi connectivity index (χ4n) is 3.49. The second-order valence-electron chi connectivity index (χ2n) is 6.73. The van der Waals surface area contributed by atoms with Crippen LogP contribution in [-0.2, 0) is 16.1 Å². The molecule has 0 atom stereocenters. The fraction of sp³-hybridized carbons (Fsp3) is 0.136. The van der Waals surface area contributed by atoms with Gasteiger partial charge in [-0.2, -0.15) is 0 Å². The topological polar surface area (TPSA) is 54.3 Å². The van der Waals surface area contributed by atoms with Crippen LogP contribution in [0.3, 0.4) is 0 Å². The van der Waals surface area contributed by atoms with E-state index in [9.17, 15) is 14.0 Å². The molecule has 2 aromatic carbocycles. The summed E-state index contributed by atoms with van der Waals surface area (Å²) in [5.41, 5.74) is 2.52. The van der Waals surface area contributed by atoms with Gasteiger partial charge in [-0.1, -0.05) is 30.3 Å². The molecule has 0 aliphatic carbocycles. The quantitative estimate of drug-likeness (QED) is 0.409. The van der Waals surface area contributed by atoms with Crippen LogP contribution in [0.4, 0.5) is 4.39 Å². The van der Waals surface area contributed by atoms with Crippen molar-refractivity contribution in [2.75, 3.05) is 6.54 Å². The number of nitrogens with one attached hydrogen (secondary N) is 1. The minimum absolute atomic E-state index is 0.0362. The zero-order valence-electron chi connectivity index (χ0n) is 15.7. The summed E-state index contributed by atoms with van der Waals surface area (Å²) >= 11 is 5.07. The van der Waals surface area contributed by atoms with Crippen molar-refractivity contribution < 1.29 is 14.0 Å². The van der Waals surface area contributed by atoms with Gasteiger partial charge in [-0.25, -0.2) is 4.39 Å². The smallest absolute Gasteiger partial charge is 0.265 e. The van der Waals surface area contributed by atoms with Gasteiger partial charge in [-0.3, -0.25) is 19.8 Å². The number of carbonyl (C=O) groups excluding carboxylic acids is 2. The Morgan fingerprint density at radius 1 is 1.14 bits per heavy atom. The van der Waals surface area contributed by atoms with Gasteiger partial charge in [0.25, 0.3) is 11.8 Å². The molecule has 7 heteroatoms. The molecular formula is C22H18FN3O2S. The van der Waals surface area contributed by atoms with E-state index in [1.807, 2.05) is 41.1 Å². The number of rotatable bonds is 4. The number of likely N-dealkylation sites (N-methyl/N-ethyl adjacent to an activating group) is 1. The van der Waals surface area contributed by atoms with Crippen molar-refractivity contribution in [1.29, 1.82) is 0 Å². The molecule has 1 aliphatic rings. The van der Waals surface area contributed by atoms with Gasteiger partial charge in [0, 0.05) is 35.8 Å². The first kappa shape index (κ1) is 19.0. The van der Waals surface area contributed by atoms with Gasteiger partial charge in [0.1, 0.15) is 11.4 Å². The van der Waals surface area contributed by atoms with Gasteiger partial charge in [-0.05, 0) is 49.0 Å². The van der Waals surface area contributed by atoms with E-state index >= 15 is 0 Å². The summed E-state index contributed by atoms with van der Waals surface area (Å²) in [6.45, 7) is 2.63. The van der Waals surface area contributed by atoms with Crippen LogP contribution in [-0.4, -0.2) is 32.9 Å². The maximum Gasteiger partial charge on any atom is 0.265 e. The predicted molar refractivity (Wildman–Crippen MR) is 114 cm³/mol. The van der Waals surface area contributed by atoms with Crippen LogP contribution >= 0.6 is 12.2 Å². The minimum Gasteiger partial charge on any atom is -0.342 e. The average Bonchev–Trinajstić information content (AvgIpc) is 3.03. The molecule has 0 radical (unpaired) electrons. The zero-order valence-corrected chi connectivity index (χ0v) is 16.5. The third kappa shape index (κ3) is 3.56. The fourth-order valence-corrected chi connectivity index (χ4v) is 3.79. The molecule has 2 amide bonds. The number of thiocarbonyl (C=S) groups is 1. The highest BCUT2D eigenvalue weighted by atomic mass is 32.1.